The van der Waals surface area contributed by atoms with Gasteiger partial charge < -0.3 is 15.2 Å². The summed E-state index contributed by atoms with van der Waals surface area (Å²) in [6.45, 7) is 0. The van der Waals surface area contributed by atoms with Crippen LogP contribution in [0.15, 0.2) is 35.0 Å². The first-order valence-corrected chi connectivity index (χ1v) is 9.19. The van der Waals surface area contributed by atoms with E-state index in [0.29, 0.717) is 11.6 Å². The zero-order valence-corrected chi connectivity index (χ0v) is 14.7. The maximum atomic E-state index is 12.5. The molecule has 1 aromatic carbocycles. The predicted molar refractivity (Wildman–Crippen MR) is 100 cm³/mol. The number of thiophene rings is 1. The lowest BCUT2D eigenvalue weighted by molar-refractivity contribution is 0.102. The van der Waals surface area contributed by atoms with Gasteiger partial charge >= 0.3 is 0 Å². The molecule has 2 heterocycles. The summed E-state index contributed by atoms with van der Waals surface area (Å²) in [6, 6.07) is 8.45. The lowest BCUT2D eigenvalue weighted by Crippen LogP contribution is -2.33. The van der Waals surface area contributed by atoms with Crippen molar-refractivity contribution in [1.29, 1.82) is 0 Å². The molecule has 3 aromatic rings. The van der Waals surface area contributed by atoms with Crippen LogP contribution in [0.3, 0.4) is 0 Å². The summed E-state index contributed by atoms with van der Waals surface area (Å²) in [5, 5.41) is 8.05. The second-order valence-corrected chi connectivity index (χ2v) is 7.45. The zero-order valence-electron chi connectivity index (χ0n) is 13.9. The molecule has 24 heavy (non-hydrogen) atoms. The first-order chi connectivity index (χ1) is 11.6. The highest BCUT2D eigenvalue weighted by molar-refractivity contribution is 7.08. The summed E-state index contributed by atoms with van der Waals surface area (Å²) in [4.78, 5) is 18.3. The van der Waals surface area contributed by atoms with Gasteiger partial charge in [-0.25, -0.2) is 0 Å². The smallest absolute Gasteiger partial charge is 0.255 e. The van der Waals surface area contributed by atoms with E-state index >= 15 is 0 Å². The fourth-order valence-electron chi connectivity index (χ4n) is 3.52. The van der Waals surface area contributed by atoms with Crippen molar-refractivity contribution in [1.82, 2.24) is 9.88 Å². The number of anilines is 1. The molecule has 1 amide bonds. The van der Waals surface area contributed by atoms with Gasteiger partial charge in [0, 0.05) is 33.6 Å². The van der Waals surface area contributed by atoms with Crippen molar-refractivity contribution in [3.63, 3.8) is 0 Å². The number of aromatic nitrogens is 1. The number of hydrogen-bond donors (Lipinski definition) is 2. The molecule has 0 fully saturated rings. The molecular formula is C19H21N3OS. The van der Waals surface area contributed by atoms with Crippen molar-refractivity contribution >= 4 is 33.8 Å². The van der Waals surface area contributed by atoms with Gasteiger partial charge in [0.1, 0.15) is 0 Å². The van der Waals surface area contributed by atoms with E-state index in [-0.39, 0.29) is 5.91 Å². The molecule has 0 spiro atoms. The van der Waals surface area contributed by atoms with Crippen LogP contribution < -0.4 is 5.32 Å². The lowest BCUT2D eigenvalue weighted by atomic mass is 9.90. The highest BCUT2D eigenvalue weighted by Crippen LogP contribution is 2.31. The number of nitrogens with zero attached hydrogens (tertiary/aromatic N) is 1. The van der Waals surface area contributed by atoms with Crippen LogP contribution >= 0.6 is 11.3 Å². The van der Waals surface area contributed by atoms with Crippen molar-refractivity contribution in [2.24, 2.45) is 0 Å². The molecular weight excluding hydrogens is 318 g/mol. The van der Waals surface area contributed by atoms with Crippen LogP contribution in [0.5, 0.6) is 0 Å². The number of H-pyrrole nitrogens is 1. The molecule has 4 rings (SSSR count). The number of aromatic amines is 1. The summed E-state index contributed by atoms with van der Waals surface area (Å²) in [6.07, 6.45) is 3.29. The summed E-state index contributed by atoms with van der Waals surface area (Å²) in [7, 11) is 4.29. The van der Waals surface area contributed by atoms with Crippen LogP contribution in [0.4, 0.5) is 5.69 Å². The van der Waals surface area contributed by atoms with Crippen LogP contribution in [-0.2, 0) is 12.8 Å². The van der Waals surface area contributed by atoms with E-state index in [1.807, 2.05) is 35.0 Å². The summed E-state index contributed by atoms with van der Waals surface area (Å²) >= 11 is 1.58. The molecule has 1 atom stereocenters. The van der Waals surface area contributed by atoms with E-state index in [1.165, 1.54) is 23.1 Å². The molecule has 5 heteroatoms. The molecule has 0 saturated heterocycles. The monoisotopic (exact) mass is 339 g/mol. The van der Waals surface area contributed by atoms with Gasteiger partial charge in [0.05, 0.1) is 5.69 Å². The van der Waals surface area contributed by atoms with Crippen LogP contribution in [0.1, 0.15) is 28.0 Å². The third-order valence-corrected chi connectivity index (χ3v) is 5.62. The maximum absolute atomic E-state index is 12.5. The molecule has 124 valence electrons. The van der Waals surface area contributed by atoms with Gasteiger partial charge in [0.25, 0.3) is 5.91 Å². The average molecular weight is 339 g/mol. The van der Waals surface area contributed by atoms with Gasteiger partial charge in [-0.1, -0.05) is 0 Å². The van der Waals surface area contributed by atoms with Crippen molar-refractivity contribution in [3.05, 3.63) is 51.8 Å². The van der Waals surface area contributed by atoms with Crippen LogP contribution in [0, 0.1) is 0 Å². The Kier molecular flexibility index (Phi) is 3.90. The van der Waals surface area contributed by atoms with Crippen molar-refractivity contribution < 1.29 is 4.79 Å². The average Bonchev–Trinajstić information content (AvgIpc) is 3.20. The number of hydrogen-bond acceptors (Lipinski definition) is 3. The van der Waals surface area contributed by atoms with Gasteiger partial charge in [-0.15, -0.1) is 0 Å². The Bertz CT molecular complexity index is 880. The summed E-state index contributed by atoms with van der Waals surface area (Å²) < 4.78 is 0. The highest BCUT2D eigenvalue weighted by atomic mass is 32.1. The Balaban J connectivity index is 1.67. The molecule has 1 unspecified atom stereocenters. The van der Waals surface area contributed by atoms with E-state index in [0.717, 1.165) is 24.0 Å². The Morgan fingerprint density at radius 1 is 1.33 bits per heavy atom. The van der Waals surface area contributed by atoms with Crippen molar-refractivity contribution in [2.75, 3.05) is 19.4 Å². The van der Waals surface area contributed by atoms with E-state index < -0.39 is 0 Å². The minimum atomic E-state index is -0.0507. The lowest BCUT2D eigenvalue weighted by Gasteiger charge is -2.28. The van der Waals surface area contributed by atoms with Gasteiger partial charge in [-0.3, -0.25) is 4.79 Å². The van der Waals surface area contributed by atoms with Crippen LogP contribution in [0.2, 0.25) is 0 Å². The first kappa shape index (κ1) is 15.4. The first-order valence-electron chi connectivity index (χ1n) is 8.25. The van der Waals surface area contributed by atoms with E-state index in [9.17, 15) is 4.79 Å². The fraction of sp³-hybridized carbons (Fsp3) is 0.316. The number of amides is 1. The molecule has 0 bridgehead atoms. The molecule has 0 saturated carbocycles. The third-order valence-electron chi connectivity index (χ3n) is 4.93. The van der Waals surface area contributed by atoms with Crippen LogP contribution in [-0.4, -0.2) is 35.9 Å². The molecule has 1 aliphatic carbocycles. The SMILES string of the molecule is CN(C)C1CCc2[nH]c3ccc(C(=O)Nc4ccsc4)cc3c2C1. The number of fused-ring (bicyclic) bond motifs is 3. The largest absolute Gasteiger partial charge is 0.358 e. The Morgan fingerprint density at radius 2 is 2.21 bits per heavy atom. The van der Waals surface area contributed by atoms with E-state index in [4.69, 9.17) is 0 Å². The van der Waals surface area contributed by atoms with Gasteiger partial charge in [0.15, 0.2) is 0 Å². The number of nitrogens with one attached hydrogen (secondary N) is 2. The minimum Gasteiger partial charge on any atom is -0.358 e. The maximum Gasteiger partial charge on any atom is 0.255 e. The second kappa shape index (κ2) is 6.07. The molecule has 0 radical (unpaired) electrons. The topological polar surface area (TPSA) is 48.1 Å². The number of carbonyl (C=O) groups excluding carboxylic acids is 1. The van der Waals surface area contributed by atoms with Gasteiger partial charge in [-0.2, -0.15) is 11.3 Å². The zero-order chi connectivity index (χ0) is 16.7. The number of rotatable bonds is 3. The quantitative estimate of drug-likeness (QED) is 0.760. The normalized spacial score (nSPS) is 17.2. The second-order valence-electron chi connectivity index (χ2n) is 6.67. The minimum absolute atomic E-state index is 0.0507. The molecule has 2 aromatic heterocycles. The van der Waals surface area contributed by atoms with Gasteiger partial charge in [-0.05, 0) is 68.6 Å². The molecule has 0 aliphatic heterocycles. The summed E-state index contributed by atoms with van der Waals surface area (Å²) in [5.41, 5.74) is 5.40. The number of likely N-dealkylation sites (N-methyl/N-ethyl adjacent to an activating group) is 1. The third kappa shape index (κ3) is 2.74. The standard InChI is InChI=1S/C19H21N3OS/c1-22(2)14-4-6-18-16(10-14)15-9-12(3-5-17(15)21-18)19(23)20-13-7-8-24-11-13/h3,5,7-9,11,14,21H,4,6,10H2,1-2H3,(H,20,23). The van der Waals surface area contributed by atoms with Gasteiger partial charge in [0.2, 0.25) is 0 Å². The molecule has 2 N–H and O–H groups in total. The Morgan fingerprint density at radius 3 is 2.96 bits per heavy atom. The highest BCUT2D eigenvalue weighted by Gasteiger charge is 2.24. The molecule has 1 aliphatic rings. The predicted octanol–water partition coefficient (Wildman–Crippen LogP) is 3.90. The fourth-order valence-corrected chi connectivity index (χ4v) is 4.11. The molecule has 4 nitrogen and oxygen atoms in total. The number of benzene rings is 1. The Labute approximate surface area is 145 Å². The van der Waals surface area contributed by atoms with E-state index in [2.05, 4.69) is 29.3 Å². The Hall–Kier alpha value is -2.11. The van der Waals surface area contributed by atoms with Crippen LogP contribution in [0.25, 0.3) is 10.9 Å². The summed E-state index contributed by atoms with van der Waals surface area (Å²) in [5.74, 6) is -0.0507. The van der Waals surface area contributed by atoms with Crippen molar-refractivity contribution in [3.8, 4) is 0 Å². The number of carbonyl (C=O) groups is 1. The number of aryl methyl sites for hydroxylation is 1. The van der Waals surface area contributed by atoms with Crippen molar-refractivity contribution in [2.45, 2.75) is 25.3 Å². The van der Waals surface area contributed by atoms with E-state index in [1.54, 1.807) is 11.3 Å².